The number of rotatable bonds is 4. The fraction of sp³-hybridized carbons (Fsp3) is 0.133. The molecule has 0 aromatic heterocycles. The number of ether oxygens (including phenoxy) is 1. The molecule has 0 bridgehead atoms. The molecule has 0 saturated carbocycles. The summed E-state index contributed by atoms with van der Waals surface area (Å²) in [6, 6.07) is 11.2. The van der Waals surface area contributed by atoms with Gasteiger partial charge < -0.3 is 10.1 Å². The first kappa shape index (κ1) is 14.5. The molecule has 0 heterocycles. The second kappa shape index (κ2) is 6.04. The number of aryl methyl sites for hydroxylation is 1. The van der Waals surface area contributed by atoms with Crippen molar-refractivity contribution in [3.05, 3.63) is 63.7 Å². The molecular formula is C15H14N2O4. The minimum atomic E-state index is -0.562. The van der Waals surface area contributed by atoms with Gasteiger partial charge >= 0.3 is 0 Å². The highest BCUT2D eigenvalue weighted by atomic mass is 16.6. The number of nitrogens with zero attached hydrogens (tertiary/aromatic N) is 1. The monoisotopic (exact) mass is 286 g/mol. The maximum absolute atomic E-state index is 12.1. The van der Waals surface area contributed by atoms with Gasteiger partial charge in [0.05, 0.1) is 18.1 Å². The molecule has 108 valence electrons. The molecule has 0 aliphatic heterocycles. The van der Waals surface area contributed by atoms with Crippen molar-refractivity contribution >= 4 is 17.3 Å². The quantitative estimate of drug-likeness (QED) is 0.691. The zero-order chi connectivity index (χ0) is 15.4. The van der Waals surface area contributed by atoms with Gasteiger partial charge in [0.25, 0.3) is 11.6 Å². The lowest BCUT2D eigenvalue weighted by atomic mass is 10.1. The van der Waals surface area contributed by atoms with Crippen LogP contribution in [0.15, 0.2) is 42.5 Å². The summed E-state index contributed by atoms with van der Waals surface area (Å²) >= 11 is 0. The Morgan fingerprint density at radius 2 is 1.86 bits per heavy atom. The molecule has 6 nitrogen and oxygen atoms in total. The van der Waals surface area contributed by atoms with Gasteiger partial charge in [0.1, 0.15) is 11.4 Å². The minimum absolute atomic E-state index is 0.131. The Bertz CT molecular complexity index is 681. The van der Waals surface area contributed by atoms with E-state index in [0.29, 0.717) is 11.3 Å². The molecule has 0 atom stereocenters. The van der Waals surface area contributed by atoms with Crippen molar-refractivity contribution < 1.29 is 14.5 Å². The lowest BCUT2D eigenvalue weighted by molar-refractivity contribution is -0.384. The van der Waals surface area contributed by atoms with Crippen LogP contribution in [0.4, 0.5) is 11.4 Å². The average Bonchev–Trinajstić information content (AvgIpc) is 2.48. The number of hydrogen-bond acceptors (Lipinski definition) is 4. The van der Waals surface area contributed by atoms with E-state index >= 15 is 0 Å². The normalized spacial score (nSPS) is 10.0. The summed E-state index contributed by atoms with van der Waals surface area (Å²) in [6.45, 7) is 1.91. The highest BCUT2D eigenvalue weighted by Crippen LogP contribution is 2.29. The number of methoxy groups -OCH3 is 1. The Labute approximate surface area is 121 Å². The van der Waals surface area contributed by atoms with E-state index in [4.69, 9.17) is 4.74 Å². The Kier molecular flexibility index (Phi) is 4.18. The topological polar surface area (TPSA) is 81.5 Å². The molecule has 0 spiro atoms. The number of nitro groups is 1. The molecule has 0 aliphatic rings. The average molecular weight is 286 g/mol. The van der Waals surface area contributed by atoms with Gasteiger partial charge in [-0.2, -0.15) is 0 Å². The zero-order valence-electron chi connectivity index (χ0n) is 11.6. The van der Waals surface area contributed by atoms with E-state index in [9.17, 15) is 14.9 Å². The first-order chi connectivity index (χ1) is 10.0. The third-order valence-electron chi connectivity index (χ3n) is 2.96. The number of amides is 1. The van der Waals surface area contributed by atoms with Crippen LogP contribution in [0.25, 0.3) is 0 Å². The minimum Gasteiger partial charge on any atom is -0.496 e. The van der Waals surface area contributed by atoms with E-state index in [1.54, 1.807) is 30.3 Å². The highest BCUT2D eigenvalue weighted by molar-refractivity contribution is 6.05. The van der Waals surface area contributed by atoms with Crippen LogP contribution < -0.4 is 10.1 Å². The Balaban J connectivity index is 2.28. The van der Waals surface area contributed by atoms with Crippen LogP contribution in [-0.4, -0.2) is 17.9 Å². The second-order valence-corrected chi connectivity index (χ2v) is 4.46. The van der Waals surface area contributed by atoms with E-state index in [-0.39, 0.29) is 11.4 Å². The number of carbonyl (C=O) groups excluding carboxylic acids is 1. The summed E-state index contributed by atoms with van der Waals surface area (Å²) in [6.07, 6.45) is 0. The first-order valence-electron chi connectivity index (χ1n) is 6.21. The fourth-order valence-electron chi connectivity index (χ4n) is 1.79. The van der Waals surface area contributed by atoms with Gasteiger partial charge in [-0.15, -0.1) is 0 Å². The number of benzene rings is 2. The Hall–Kier alpha value is -2.89. The number of hydrogen-bond donors (Lipinski definition) is 1. The molecule has 2 aromatic rings. The van der Waals surface area contributed by atoms with Gasteiger partial charge in [0.15, 0.2) is 0 Å². The molecule has 1 amide bonds. The van der Waals surface area contributed by atoms with Gasteiger partial charge in [0.2, 0.25) is 0 Å². The summed E-state index contributed by atoms with van der Waals surface area (Å²) in [7, 11) is 1.42. The van der Waals surface area contributed by atoms with Crippen LogP contribution in [0.2, 0.25) is 0 Å². The van der Waals surface area contributed by atoms with Crippen LogP contribution in [0.1, 0.15) is 15.9 Å². The number of anilines is 1. The van der Waals surface area contributed by atoms with Crippen molar-refractivity contribution in [1.82, 2.24) is 0 Å². The van der Waals surface area contributed by atoms with Crippen molar-refractivity contribution in [3.8, 4) is 5.75 Å². The van der Waals surface area contributed by atoms with Crippen LogP contribution in [-0.2, 0) is 0 Å². The van der Waals surface area contributed by atoms with E-state index in [2.05, 4.69) is 5.32 Å². The summed E-state index contributed by atoms with van der Waals surface area (Å²) in [5.74, 6) is -0.0432. The molecule has 6 heteroatoms. The molecule has 0 saturated heterocycles. The molecule has 2 aromatic carbocycles. The van der Waals surface area contributed by atoms with Crippen LogP contribution in [0, 0.1) is 17.0 Å². The van der Waals surface area contributed by atoms with Crippen LogP contribution >= 0.6 is 0 Å². The highest BCUT2D eigenvalue weighted by Gasteiger charge is 2.17. The maximum Gasteiger partial charge on any atom is 0.296 e. The standard InChI is InChI=1S/C15H14N2O4/c1-10-3-5-11(6-4-10)15(18)16-13-8-7-12(21-2)9-14(13)17(19)20/h3-9H,1-2H3,(H,16,18). The summed E-state index contributed by atoms with van der Waals surface area (Å²) in [5.41, 5.74) is 1.38. The third kappa shape index (κ3) is 3.36. The van der Waals surface area contributed by atoms with Gasteiger partial charge in [-0.1, -0.05) is 17.7 Å². The third-order valence-corrected chi connectivity index (χ3v) is 2.96. The Morgan fingerprint density at radius 3 is 2.43 bits per heavy atom. The van der Waals surface area contributed by atoms with Crippen molar-refractivity contribution in [2.75, 3.05) is 12.4 Å². The zero-order valence-corrected chi connectivity index (χ0v) is 11.6. The number of carbonyl (C=O) groups is 1. The smallest absolute Gasteiger partial charge is 0.296 e. The first-order valence-corrected chi connectivity index (χ1v) is 6.21. The van der Waals surface area contributed by atoms with E-state index in [1.165, 1.54) is 19.2 Å². The van der Waals surface area contributed by atoms with Gasteiger partial charge in [0, 0.05) is 5.56 Å². The predicted octanol–water partition coefficient (Wildman–Crippen LogP) is 3.16. The van der Waals surface area contributed by atoms with Crippen LogP contribution in [0.3, 0.4) is 0 Å². The predicted molar refractivity (Wildman–Crippen MR) is 78.8 cm³/mol. The SMILES string of the molecule is COc1ccc(NC(=O)c2ccc(C)cc2)c([N+](=O)[O-])c1. The van der Waals surface area contributed by atoms with Crippen LogP contribution in [0.5, 0.6) is 5.75 Å². The molecule has 2 rings (SSSR count). The Morgan fingerprint density at radius 1 is 1.19 bits per heavy atom. The van der Waals surface area contributed by atoms with Gasteiger partial charge in [-0.05, 0) is 31.2 Å². The van der Waals surface area contributed by atoms with Crippen molar-refractivity contribution in [2.24, 2.45) is 0 Å². The van der Waals surface area contributed by atoms with Gasteiger partial charge in [-0.3, -0.25) is 14.9 Å². The number of nitro benzene ring substituents is 1. The fourth-order valence-corrected chi connectivity index (χ4v) is 1.79. The second-order valence-electron chi connectivity index (χ2n) is 4.46. The molecule has 21 heavy (non-hydrogen) atoms. The number of nitrogens with one attached hydrogen (secondary N) is 1. The molecule has 1 N–H and O–H groups in total. The van der Waals surface area contributed by atoms with Crippen molar-refractivity contribution in [2.45, 2.75) is 6.92 Å². The van der Waals surface area contributed by atoms with E-state index in [0.717, 1.165) is 5.56 Å². The maximum atomic E-state index is 12.1. The summed E-state index contributed by atoms with van der Waals surface area (Å²) in [5, 5.41) is 13.6. The molecular weight excluding hydrogens is 272 g/mol. The molecule has 0 radical (unpaired) electrons. The van der Waals surface area contributed by atoms with Crippen molar-refractivity contribution in [1.29, 1.82) is 0 Å². The summed E-state index contributed by atoms with van der Waals surface area (Å²) < 4.78 is 4.95. The van der Waals surface area contributed by atoms with E-state index in [1.807, 2.05) is 6.92 Å². The van der Waals surface area contributed by atoms with Gasteiger partial charge in [-0.25, -0.2) is 0 Å². The molecule has 0 unspecified atom stereocenters. The van der Waals surface area contributed by atoms with Crippen molar-refractivity contribution in [3.63, 3.8) is 0 Å². The molecule has 0 aliphatic carbocycles. The lowest BCUT2D eigenvalue weighted by Crippen LogP contribution is -2.13. The largest absolute Gasteiger partial charge is 0.496 e. The van der Waals surface area contributed by atoms with E-state index < -0.39 is 10.8 Å². The lowest BCUT2D eigenvalue weighted by Gasteiger charge is -2.07. The molecule has 0 fully saturated rings. The summed E-state index contributed by atoms with van der Waals surface area (Å²) in [4.78, 5) is 22.6.